The van der Waals surface area contributed by atoms with Crippen molar-refractivity contribution >= 4 is 38.9 Å². The van der Waals surface area contributed by atoms with E-state index in [-0.39, 0.29) is 21.8 Å². The maximum atomic E-state index is 12.8. The van der Waals surface area contributed by atoms with Crippen molar-refractivity contribution in [3.8, 4) is 0 Å². The lowest BCUT2D eigenvalue weighted by Crippen LogP contribution is -2.39. The zero-order valence-electron chi connectivity index (χ0n) is 15.4. The van der Waals surface area contributed by atoms with E-state index in [4.69, 9.17) is 12.2 Å². The van der Waals surface area contributed by atoms with E-state index in [0.717, 1.165) is 44.9 Å². The molecule has 2 N–H and O–H groups in total. The molecule has 0 atom stereocenters. The van der Waals surface area contributed by atoms with Crippen molar-refractivity contribution in [2.45, 2.75) is 56.3 Å². The number of sulfonamides is 1. The summed E-state index contributed by atoms with van der Waals surface area (Å²) in [5, 5.41) is 5.89. The Morgan fingerprint density at radius 1 is 1.04 bits per heavy atom. The van der Waals surface area contributed by atoms with Crippen LogP contribution in [0.4, 0.5) is 5.69 Å². The van der Waals surface area contributed by atoms with Gasteiger partial charge in [-0.3, -0.25) is 4.79 Å². The maximum absolute atomic E-state index is 12.8. The normalized spacial score (nSPS) is 19.4. The molecule has 148 valence electrons. The van der Waals surface area contributed by atoms with Gasteiger partial charge in [-0.2, -0.15) is 4.31 Å². The number of hydrogen-bond acceptors (Lipinski definition) is 4. The van der Waals surface area contributed by atoms with Gasteiger partial charge in [0.15, 0.2) is 5.11 Å². The molecule has 1 aromatic carbocycles. The van der Waals surface area contributed by atoms with Crippen LogP contribution in [0.15, 0.2) is 29.2 Å². The Morgan fingerprint density at radius 2 is 1.70 bits per heavy atom. The van der Waals surface area contributed by atoms with Crippen molar-refractivity contribution in [1.82, 2.24) is 9.62 Å². The highest BCUT2D eigenvalue weighted by molar-refractivity contribution is 7.89. The molecule has 1 saturated heterocycles. The van der Waals surface area contributed by atoms with Crippen LogP contribution in [0.2, 0.25) is 0 Å². The Balaban J connectivity index is 1.63. The SMILES string of the molecule is O=C(NC(=S)Nc1cccc(S(=O)(=O)N2CCCCC2)c1)C1CCCCC1. The van der Waals surface area contributed by atoms with Gasteiger partial charge in [0.25, 0.3) is 0 Å². The topological polar surface area (TPSA) is 78.5 Å². The van der Waals surface area contributed by atoms with Crippen LogP contribution in [-0.2, 0) is 14.8 Å². The van der Waals surface area contributed by atoms with E-state index in [1.807, 2.05) is 0 Å². The number of anilines is 1. The summed E-state index contributed by atoms with van der Waals surface area (Å²) in [6.45, 7) is 1.13. The Kier molecular flexibility index (Phi) is 6.83. The van der Waals surface area contributed by atoms with Gasteiger partial charge in [0.05, 0.1) is 4.90 Å². The average molecular weight is 410 g/mol. The number of nitrogens with one attached hydrogen (secondary N) is 2. The highest BCUT2D eigenvalue weighted by Crippen LogP contribution is 2.24. The zero-order valence-corrected chi connectivity index (χ0v) is 17.1. The number of rotatable bonds is 4. The number of benzene rings is 1. The van der Waals surface area contributed by atoms with Crippen molar-refractivity contribution in [3.63, 3.8) is 0 Å². The van der Waals surface area contributed by atoms with Crippen molar-refractivity contribution in [1.29, 1.82) is 0 Å². The van der Waals surface area contributed by atoms with Gasteiger partial charge >= 0.3 is 0 Å². The number of piperidine rings is 1. The molecule has 3 rings (SSSR count). The molecule has 6 nitrogen and oxygen atoms in total. The van der Waals surface area contributed by atoms with Crippen molar-refractivity contribution in [2.24, 2.45) is 5.92 Å². The third-order valence-corrected chi connectivity index (χ3v) is 7.36. The van der Waals surface area contributed by atoms with Gasteiger partial charge in [-0.25, -0.2) is 8.42 Å². The first-order valence-electron chi connectivity index (χ1n) is 9.69. The maximum Gasteiger partial charge on any atom is 0.243 e. The lowest BCUT2D eigenvalue weighted by molar-refractivity contribution is -0.124. The molecule has 0 aromatic heterocycles. The van der Waals surface area contributed by atoms with E-state index in [1.54, 1.807) is 28.6 Å². The van der Waals surface area contributed by atoms with E-state index in [1.165, 1.54) is 6.42 Å². The van der Waals surface area contributed by atoms with Crippen LogP contribution in [0.5, 0.6) is 0 Å². The lowest BCUT2D eigenvalue weighted by Gasteiger charge is -2.26. The molecule has 1 aromatic rings. The van der Waals surface area contributed by atoms with E-state index >= 15 is 0 Å². The van der Waals surface area contributed by atoms with Crippen molar-refractivity contribution in [2.75, 3.05) is 18.4 Å². The number of hydrogen-bond donors (Lipinski definition) is 2. The zero-order chi connectivity index (χ0) is 19.3. The first kappa shape index (κ1) is 20.2. The molecule has 1 heterocycles. The van der Waals surface area contributed by atoms with E-state index < -0.39 is 10.0 Å². The van der Waals surface area contributed by atoms with Gasteiger partial charge in [0, 0.05) is 24.7 Å². The number of thiocarbonyl (C=S) groups is 1. The fourth-order valence-electron chi connectivity index (χ4n) is 3.73. The Labute approximate surface area is 166 Å². The van der Waals surface area contributed by atoms with Gasteiger partial charge in [-0.1, -0.05) is 31.7 Å². The largest absolute Gasteiger partial charge is 0.332 e. The van der Waals surface area contributed by atoms with Gasteiger partial charge < -0.3 is 10.6 Å². The predicted molar refractivity (Wildman–Crippen MR) is 110 cm³/mol. The number of carbonyl (C=O) groups excluding carboxylic acids is 1. The van der Waals surface area contributed by atoms with Gasteiger partial charge in [-0.15, -0.1) is 0 Å². The van der Waals surface area contributed by atoms with E-state index in [2.05, 4.69) is 10.6 Å². The van der Waals surface area contributed by atoms with Crippen LogP contribution in [0.25, 0.3) is 0 Å². The summed E-state index contributed by atoms with van der Waals surface area (Å²) in [7, 11) is -3.50. The Hall–Kier alpha value is -1.51. The minimum atomic E-state index is -3.50. The van der Waals surface area contributed by atoms with Gasteiger partial charge in [0.1, 0.15) is 0 Å². The third-order valence-electron chi connectivity index (χ3n) is 5.26. The summed E-state index contributed by atoms with van der Waals surface area (Å²) in [6, 6.07) is 6.60. The molecule has 27 heavy (non-hydrogen) atoms. The molecule has 0 bridgehead atoms. The third kappa shape index (κ3) is 5.27. The number of amides is 1. The Morgan fingerprint density at radius 3 is 2.41 bits per heavy atom. The lowest BCUT2D eigenvalue weighted by atomic mass is 9.89. The summed E-state index contributed by atoms with van der Waals surface area (Å²) < 4.78 is 27.2. The van der Waals surface area contributed by atoms with Crippen LogP contribution < -0.4 is 10.6 Å². The molecule has 2 aliphatic rings. The second-order valence-electron chi connectivity index (χ2n) is 7.27. The molecule has 0 spiro atoms. The summed E-state index contributed by atoms with van der Waals surface area (Å²) in [5.41, 5.74) is 0.557. The van der Waals surface area contributed by atoms with Crippen LogP contribution >= 0.6 is 12.2 Å². The van der Waals surface area contributed by atoms with Crippen LogP contribution in [-0.4, -0.2) is 36.8 Å². The summed E-state index contributed by atoms with van der Waals surface area (Å²) in [4.78, 5) is 12.5. The molecule has 1 aliphatic carbocycles. The fourth-order valence-corrected chi connectivity index (χ4v) is 5.51. The fraction of sp³-hybridized carbons (Fsp3) is 0.579. The molecule has 8 heteroatoms. The van der Waals surface area contributed by atoms with Crippen molar-refractivity contribution < 1.29 is 13.2 Å². The molecule has 0 unspecified atom stereocenters. The van der Waals surface area contributed by atoms with Crippen molar-refractivity contribution in [3.05, 3.63) is 24.3 Å². The number of carbonyl (C=O) groups is 1. The van der Waals surface area contributed by atoms with Crippen LogP contribution in [0.3, 0.4) is 0 Å². The van der Waals surface area contributed by atoms with E-state index in [0.29, 0.717) is 18.8 Å². The predicted octanol–water partition coefficient (Wildman–Crippen LogP) is 3.25. The summed E-state index contributed by atoms with van der Waals surface area (Å²) in [5.74, 6) is -0.0337. The monoisotopic (exact) mass is 409 g/mol. The quantitative estimate of drug-likeness (QED) is 0.747. The average Bonchev–Trinajstić information content (AvgIpc) is 2.69. The molecule has 0 radical (unpaired) electrons. The van der Waals surface area contributed by atoms with E-state index in [9.17, 15) is 13.2 Å². The highest BCUT2D eigenvalue weighted by atomic mass is 32.2. The molecule has 2 fully saturated rings. The van der Waals surface area contributed by atoms with Gasteiger partial charge in [0.2, 0.25) is 15.9 Å². The molecule has 1 aliphatic heterocycles. The first-order valence-corrected chi connectivity index (χ1v) is 11.5. The molecular formula is C19H27N3O3S2. The molecule has 1 saturated carbocycles. The minimum Gasteiger partial charge on any atom is -0.332 e. The van der Waals surface area contributed by atoms with Crippen LogP contribution in [0, 0.1) is 5.92 Å². The summed E-state index contributed by atoms with van der Waals surface area (Å²) >= 11 is 5.24. The second-order valence-corrected chi connectivity index (χ2v) is 9.62. The van der Waals surface area contributed by atoms with Gasteiger partial charge in [-0.05, 0) is 56.1 Å². The molecule has 1 amide bonds. The summed E-state index contributed by atoms with van der Waals surface area (Å²) in [6.07, 6.45) is 8.01. The number of nitrogens with zero attached hydrogens (tertiary/aromatic N) is 1. The minimum absolute atomic E-state index is 0.0179. The first-order chi connectivity index (χ1) is 13.0. The smallest absolute Gasteiger partial charge is 0.243 e. The standard InChI is InChI=1S/C19H27N3O3S2/c23-18(15-8-3-1-4-9-15)21-19(26)20-16-10-7-11-17(14-16)27(24,25)22-12-5-2-6-13-22/h7,10-11,14-15H,1-6,8-9,12-13H2,(H2,20,21,23,26). The molecular weight excluding hydrogens is 382 g/mol. The highest BCUT2D eigenvalue weighted by Gasteiger charge is 2.26. The Bertz CT molecular complexity index is 783. The van der Waals surface area contributed by atoms with Crippen LogP contribution in [0.1, 0.15) is 51.4 Å². The second kappa shape index (κ2) is 9.12.